The van der Waals surface area contributed by atoms with Crippen LogP contribution in [0.4, 0.5) is 5.82 Å². The highest BCUT2D eigenvalue weighted by Gasteiger charge is 2.07. The van der Waals surface area contributed by atoms with Crippen LogP contribution in [0, 0.1) is 0 Å². The second kappa shape index (κ2) is 6.48. The summed E-state index contributed by atoms with van der Waals surface area (Å²) < 4.78 is 0. The van der Waals surface area contributed by atoms with Gasteiger partial charge in [0.2, 0.25) is 0 Å². The van der Waals surface area contributed by atoms with Crippen molar-refractivity contribution in [3.8, 4) is 0 Å². The van der Waals surface area contributed by atoms with Crippen molar-refractivity contribution in [1.82, 2.24) is 10.3 Å². The number of nitrogens with zero attached hydrogens (tertiary/aromatic N) is 2. The summed E-state index contributed by atoms with van der Waals surface area (Å²) in [5.74, 6) is 1.06. The number of hydrogen-bond acceptors (Lipinski definition) is 3. The van der Waals surface area contributed by atoms with Gasteiger partial charge in [-0.05, 0) is 37.6 Å². The number of anilines is 1. The Morgan fingerprint density at radius 3 is 2.81 bits per heavy atom. The highest BCUT2D eigenvalue weighted by molar-refractivity contribution is 5.40. The van der Waals surface area contributed by atoms with E-state index in [4.69, 9.17) is 0 Å². The largest absolute Gasteiger partial charge is 0.360 e. The quantitative estimate of drug-likeness (QED) is 0.800. The molecule has 3 nitrogen and oxygen atoms in total. The van der Waals surface area contributed by atoms with Crippen molar-refractivity contribution in [2.75, 3.05) is 25.0 Å². The summed E-state index contributed by atoms with van der Waals surface area (Å²) in [6.07, 6.45) is 3.04. The Hall–Kier alpha value is -1.09. The average Bonchev–Trinajstić information content (AvgIpc) is 2.30. The highest BCUT2D eigenvalue weighted by Crippen LogP contribution is 2.17. The van der Waals surface area contributed by atoms with E-state index in [2.05, 4.69) is 55.2 Å². The average molecular weight is 221 g/mol. The van der Waals surface area contributed by atoms with Gasteiger partial charge in [-0.15, -0.1) is 0 Å². The molecule has 0 aromatic carbocycles. The zero-order chi connectivity index (χ0) is 12.0. The zero-order valence-electron chi connectivity index (χ0n) is 10.8. The number of hydrogen-bond donors (Lipinski definition) is 1. The van der Waals surface area contributed by atoms with E-state index in [1.165, 1.54) is 5.56 Å². The van der Waals surface area contributed by atoms with E-state index >= 15 is 0 Å². The lowest BCUT2D eigenvalue weighted by molar-refractivity contribution is 0.597. The molecule has 0 aliphatic heterocycles. The Kier molecular flexibility index (Phi) is 5.26. The van der Waals surface area contributed by atoms with Crippen LogP contribution in [-0.4, -0.2) is 25.1 Å². The minimum Gasteiger partial charge on any atom is -0.360 e. The molecule has 0 saturated carbocycles. The number of pyridine rings is 1. The molecule has 90 valence electrons. The summed E-state index contributed by atoms with van der Waals surface area (Å²) >= 11 is 0. The van der Waals surface area contributed by atoms with Crippen molar-refractivity contribution in [3.05, 3.63) is 23.9 Å². The fourth-order valence-corrected chi connectivity index (χ4v) is 1.79. The van der Waals surface area contributed by atoms with E-state index in [0.717, 1.165) is 25.3 Å². The summed E-state index contributed by atoms with van der Waals surface area (Å²) in [5, 5.41) is 3.41. The van der Waals surface area contributed by atoms with E-state index in [-0.39, 0.29) is 0 Å². The van der Waals surface area contributed by atoms with Gasteiger partial charge in [-0.3, -0.25) is 0 Å². The van der Waals surface area contributed by atoms with Crippen molar-refractivity contribution in [2.24, 2.45) is 0 Å². The van der Waals surface area contributed by atoms with Gasteiger partial charge in [-0.2, -0.15) is 0 Å². The monoisotopic (exact) mass is 221 g/mol. The molecule has 0 aliphatic carbocycles. The van der Waals surface area contributed by atoms with Crippen molar-refractivity contribution >= 4 is 5.82 Å². The van der Waals surface area contributed by atoms with Gasteiger partial charge in [-0.1, -0.05) is 13.8 Å². The molecule has 0 fully saturated rings. The maximum atomic E-state index is 4.40. The fraction of sp³-hybridized carbons (Fsp3) is 0.615. The van der Waals surface area contributed by atoms with Crippen molar-refractivity contribution in [1.29, 1.82) is 0 Å². The summed E-state index contributed by atoms with van der Waals surface area (Å²) in [6, 6.07) is 4.64. The van der Waals surface area contributed by atoms with Gasteiger partial charge >= 0.3 is 0 Å². The second-order valence-electron chi connectivity index (χ2n) is 4.15. The molecule has 16 heavy (non-hydrogen) atoms. The maximum Gasteiger partial charge on any atom is 0.128 e. The van der Waals surface area contributed by atoms with Crippen molar-refractivity contribution in [3.63, 3.8) is 0 Å². The fourth-order valence-electron chi connectivity index (χ4n) is 1.79. The van der Waals surface area contributed by atoms with Crippen LogP contribution in [0.3, 0.4) is 0 Å². The smallest absolute Gasteiger partial charge is 0.128 e. The van der Waals surface area contributed by atoms with Crippen molar-refractivity contribution < 1.29 is 0 Å². The Balaban J connectivity index is 2.77. The van der Waals surface area contributed by atoms with E-state index in [9.17, 15) is 0 Å². The Morgan fingerprint density at radius 2 is 2.19 bits per heavy atom. The van der Waals surface area contributed by atoms with Crippen LogP contribution in [0.15, 0.2) is 18.3 Å². The van der Waals surface area contributed by atoms with E-state index in [1.54, 1.807) is 0 Å². The first kappa shape index (κ1) is 13.0. The van der Waals surface area contributed by atoms with Gasteiger partial charge in [0.1, 0.15) is 5.82 Å². The predicted octanol–water partition coefficient (Wildman–Crippen LogP) is 2.60. The maximum absolute atomic E-state index is 4.40. The normalized spacial score (nSPS) is 12.5. The van der Waals surface area contributed by atoms with Gasteiger partial charge in [0.25, 0.3) is 0 Å². The first-order chi connectivity index (χ1) is 7.69. The molecule has 1 atom stereocenters. The number of nitrogens with one attached hydrogen (secondary N) is 1. The molecule has 0 bridgehead atoms. The zero-order valence-corrected chi connectivity index (χ0v) is 10.8. The third-order valence-corrected chi connectivity index (χ3v) is 2.73. The molecule has 1 aromatic rings. The molecule has 1 rings (SSSR count). The third-order valence-electron chi connectivity index (χ3n) is 2.73. The van der Waals surface area contributed by atoms with Gasteiger partial charge in [0.05, 0.1) is 0 Å². The molecule has 0 spiro atoms. The van der Waals surface area contributed by atoms with Crippen LogP contribution in [-0.2, 0) is 0 Å². The van der Waals surface area contributed by atoms with E-state index in [0.29, 0.717) is 6.04 Å². The van der Waals surface area contributed by atoms with Gasteiger partial charge in [-0.25, -0.2) is 4.98 Å². The lowest BCUT2D eigenvalue weighted by atomic mass is 10.1. The summed E-state index contributed by atoms with van der Waals surface area (Å²) in [7, 11) is 2.09. The first-order valence-electron chi connectivity index (χ1n) is 6.09. The van der Waals surface area contributed by atoms with E-state index < -0.39 is 0 Å². The first-order valence-corrected chi connectivity index (χ1v) is 6.09. The third kappa shape index (κ3) is 3.49. The molecule has 0 saturated heterocycles. The lowest BCUT2D eigenvalue weighted by Crippen LogP contribution is -2.21. The standard InChI is InChI=1S/C13H23N3/c1-5-9-16(4)13-10-12(7-8-15-13)11(3)14-6-2/h7-8,10-11,14H,5-6,9H2,1-4H3. The van der Waals surface area contributed by atoms with Gasteiger partial charge in [0, 0.05) is 25.8 Å². The van der Waals surface area contributed by atoms with Gasteiger partial charge in [0.15, 0.2) is 0 Å². The lowest BCUT2D eigenvalue weighted by Gasteiger charge is -2.19. The molecule has 1 N–H and O–H groups in total. The predicted molar refractivity (Wildman–Crippen MR) is 69.9 cm³/mol. The topological polar surface area (TPSA) is 28.2 Å². The van der Waals surface area contributed by atoms with Crippen LogP contribution in [0.25, 0.3) is 0 Å². The van der Waals surface area contributed by atoms with E-state index in [1.807, 2.05) is 6.20 Å². The minimum atomic E-state index is 0.391. The molecule has 0 radical (unpaired) electrons. The van der Waals surface area contributed by atoms with Crippen LogP contribution < -0.4 is 10.2 Å². The van der Waals surface area contributed by atoms with Gasteiger partial charge < -0.3 is 10.2 Å². The minimum absolute atomic E-state index is 0.391. The Morgan fingerprint density at radius 1 is 1.44 bits per heavy atom. The molecule has 1 heterocycles. The molecular formula is C13H23N3. The molecule has 3 heteroatoms. The molecule has 0 amide bonds. The second-order valence-corrected chi connectivity index (χ2v) is 4.15. The molecule has 1 unspecified atom stereocenters. The SMILES string of the molecule is CCCN(C)c1cc(C(C)NCC)ccn1. The number of aromatic nitrogens is 1. The summed E-state index contributed by atoms with van der Waals surface area (Å²) in [5.41, 5.74) is 1.30. The molecule has 1 aromatic heterocycles. The van der Waals surface area contributed by atoms with Crippen LogP contribution in [0.5, 0.6) is 0 Å². The summed E-state index contributed by atoms with van der Waals surface area (Å²) in [4.78, 5) is 6.60. The molecule has 0 aliphatic rings. The van der Waals surface area contributed by atoms with Crippen LogP contribution in [0.2, 0.25) is 0 Å². The number of rotatable bonds is 6. The summed E-state index contributed by atoms with van der Waals surface area (Å²) in [6.45, 7) is 8.53. The van der Waals surface area contributed by atoms with Crippen LogP contribution in [0.1, 0.15) is 38.8 Å². The van der Waals surface area contributed by atoms with Crippen molar-refractivity contribution in [2.45, 2.75) is 33.2 Å². The highest BCUT2D eigenvalue weighted by atomic mass is 15.2. The van der Waals surface area contributed by atoms with Crippen LogP contribution >= 0.6 is 0 Å². The molecular weight excluding hydrogens is 198 g/mol. The Bertz CT molecular complexity index is 285. The Labute approximate surface area is 98.9 Å².